The monoisotopic (exact) mass is 243 g/mol. The van der Waals surface area contributed by atoms with E-state index in [1.807, 2.05) is 32.9 Å². The summed E-state index contributed by atoms with van der Waals surface area (Å²) in [5, 5.41) is 0. The number of pyridine rings is 2. The maximum Gasteiger partial charge on any atom is 0.138 e. The molecule has 2 N–H and O–H groups in total. The summed E-state index contributed by atoms with van der Waals surface area (Å²) in [7, 11) is 0. The van der Waals surface area contributed by atoms with Crippen LogP contribution < -0.4 is 10.5 Å². The van der Waals surface area contributed by atoms with E-state index in [1.54, 1.807) is 18.6 Å². The van der Waals surface area contributed by atoms with Crippen molar-refractivity contribution in [2.75, 3.05) is 5.73 Å². The van der Waals surface area contributed by atoms with E-state index in [2.05, 4.69) is 9.97 Å². The predicted octanol–water partition coefficient (Wildman–Crippen LogP) is 2.82. The predicted molar refractivity (Wildman–Crippen MR) is 72.4 cm³/mol. The van der Waals surface area contributed by atoms with Crippen molar-refractivity contribution in [3.8, 4) is 16.9 Å². The number of anilines is 1. The van der Waals surface area contributed by atoms with Crippen molar-refractivity contribution in [1.82, 2.24) is 9.97 Å². The van der Waals surface area contributed by atoms with Gasteiger partial charge in [-0.3, -0.25) is 4.98 Å². The minimum Gasteiger partial charge on any atom is -0.489 e. The fourth-order valence-corrected chi connectivity index (χ4v) is 1.71. The normalized spacial score (nSPS) is 10.7. The molecule has 4 heteroatoms. The molecular formula is C14H17N3O. The van der Waals surface area contributed by atoms with Gasteiger partial charge in [0.15, 0.2) is 0 Å². The molecule has 2 rings (SSSR count). The Labute approximate surface area is 107 Å². The lowest BCUT2D eigenvalue weighted by Crippen LogP contribution is -2.05. The zero-order valence-electron chi connectivity index (χ0n) is 10.8. The Bertz CT molecular complexity index is 552. The summed E-state index contributed by atoms with van der Waals surface area (Å²) in [4.78, 5) is 8.33. The molecule has 0 aliphatic carbocycles. The Balaban J connectivity index is 2.41. The SMILES string of the molecule is Cc1cnc(N)c(-c2cncc(OC(C)C)c2)c1. The van der Waals surface area contributed by atoms with E-state index in [0.29, 0.717) is 5.82 Å². The van der Waals surface area contributed by atoms with Gasteiger partial charge in [-0.05, 0) is 38.5 Å². The van der Waals surface area contributed by atoms with E-state index in [-0.39, 0.29) is 6.10 Å². The molecule has 0 aromatic carbocycles. The van der Waals surface area contributed by atoms with Crippen LogP contribution in [0.15, 0.2) is 30.7 Å². The fourth-order valence-electron chi connectivity index (χ4n) is 1.71. The number of nitrogens with two attached hydrogens (primary N) is 1. The van der Waals surface area contributed by atoms with Crippen molar-refractivity contribution in [3.63, 3.8) is 0 Å². The molecule has 0 radical (unpaired) electrons. The molecule has 2 heterocycles. The van der Waals surface area contributed by atoms with E-state index in [0.717, 1.165) is 22.4 Å². The number of ether oxygens (including phenoxy) is 1. The molecular weight excluding hydrogens is 226 g/mol. The van der Waals surface area contributed by atoms with E-state index >= 15 is 0 Å². The van der Waals surface area contributed by atoms with Crippen LogP contribution in [0.1, 0.15) is 19.4 Å². The van der Waals surface area contributed by atoms with Gasteiger partial charge in [0.2, 0.25) is 0 Å². The largest absolute Gasteiger partial charge is 0.489 e. The second-order valence-electron chi connectivity index (χ2n) is 4.52. The number of aryl methyl sites for hydroxylation is 1. The standard InChI is InChI=1S/C14H17N3O/c1-9(2)18-12-5-11(7-16-8-12)13-4-10(3)6-17-14(13)15/h4-9H,1-3H3,(H2,15,17). The van der Waals surface area contributed by atoms with Gasteiger partial charge in [0.25, 0.3) is 0 Å². The van der Waals surface area contributed by atoms with Crippen LogP contribution >= 0.6 is 0 Å². The van der Waals surface area contributed by atoms with Crippen LogP contribution in [0.3, 0.4) is 0 Å². The minimum absolute atomic E-state index is 0.120. The first-order chi connectivity index (χ1) is 8.56. The Hall–Kier alpha value is -2.10. The van der Waals surface area contributed by atoms with Gasteiger partial charge < -0.3 is 10.5 Å². The van der Waals surface area contributed by atoms with Crippen molar-refractivity contribution >= 4 is 5.82 Å². The minimum atomic E-state index is 0.120. The molecule has 2 aromatic rings. The first-order valence-electron chi connectivity index (χ1n) is 5.90. The van der Waals surface area contributed by atoms with Gasteiger partial charge in [0, 0.05) is 23.5 Å². The Kier molecular flexibility index (Phi) is 3.46. The van der Waals surface area contributed by atoms with Crippen molar-refractivity contribution in [3.05, 3.63) is 36.3 Å². The van der Waals surface area contributed by atoms with Crippen molar-refractivity contribution in [2.45, 2.75) is 26.9 Å². The molecule has 0 spiro atoms. The zero-order valence-corrected chi connectivity index (χ0v) is 10.8. The van der Waals surface area contributed by atoms with Crippen LogP contribution in [-0.4, -0.2) is 16.1 Å². The summed E-state index contributed by atoms with van der Waals surface area (Å²) in [6.45, 7) is 5.95. The van der Waals surface area contributed by atoms with Crippen LogP contribution in [0.2, 0.25) is 0 Å². The summed E-state index contributed by atoms with van der Waals surface area (Å²) in [6, 6.07) is 3.93. The third-order valence-corrected chi connectivity index (χ3v) is 2.45. The number of hydrogen-bond donors (Lipinski definition) is 1. The van der Waals surface area contributed by atoms with Gasteiger partial charge in [-0.15, -0.1) is 0 Å². The molecule has 0 aliphatic heterocycles. The van der Waals surface area contributed by atoms with Crippen LogP contribution in [-0.2, 0) is 0 Å². The highest BCUT2D eigenvalue weighted by atomic mass is 16.5. The lowest BCUT2D eigenvalue weighted by Gasteiger charge is -2.11. The molecule has 4 nitrogen and oxygen atoms in total. The van der Waals surface area contributed by atoms with Gasteiger partial charge in [0.1, 0.15) is 11.6 Å². The lowest BCUT2D eigenvalue weighted by molar-refractivity contribution is 0.241. The molecule has 0 saturated carbocycles. The van der Waals surface area contributed by atoms with E-state index in [4.69, 9.17) is 10.5 Å². The smallest absolute Gasteiger partial charge is 0.138 e. The summed E-state index contributed by atoms with van der Waals surface area (Å²) >= 11 is 0. The molecule has 2 aromatic heterocycles. The molecule has 0 unspecified atom stereocenters. The Morgan fingerprint density at radius 2 is 1.94 bits per heavy atom. The summed E-state index contributed by atoms with van der Waals surface area (Å²) in [5.74, 6) is 1.24. The highest BCUT2D eigenvalue weighted by molar-refractivity contribution is 5.74. The van der Waals surface area contributed by atoms with Gasteiger partial charge in [-0.1, -0.05) is 0 Å². The zero-order chi connectivity index (χ0) is 13.1. The molecule has 0 amide bonds. The number of nitrogen functional groups attached to an aromatic ring is 1. The van der Waals surface area contributed by atoms with Gasteiger partial charge in [0.05, 0.1) is 12.3 Å². The molecule has 0 fully saturated rings. The summed E-state index contributed by atoms with van der Waals surface area (Å²) < 4.78 is 5.62. The Morgan fingerprint density at radius 1 is 1.17 bits per heavy atom. The number of aromatic nitrogens is 2. The Morgan fingerprint density at radius 3 is 2.67 bits per heavy atom. The quantitative estimate of drug-likeness (QED) is 0.900. The molecule has 0 saturated heterocycles. The van der Waals surface area contributed by atoms with E-state index in [9.17, 15) is 0 Å². The van der Waals surface area contributed by atoms with Gasteiger partial charge in [-0.25, -0.2) is 4.98 Å². The van der Waals surface area contributed by atoms with Gasteiger partial charge >= 0.3 is 0 Å². The summed E-state index contributed by atoms with van der Waals surface area (Å²) in [5.41, 5.74) is 8.76. The molecule has 0 aliphatic rings. The van der Waals surface area contributed by atoms with E-state index in [1.165, 1.54) is 0 Å². The average molecular weight is 243 g/mol. The first-order valence-corrected chi connectivity index (χ1v) is 5.90. The second-order valence-corrected chi connectivity index (χ2v) is 4.52. The van der Waals surface area contributed by atoms with E-state index < -0.39 is 0 Å². The maximum absolute atomic E-state index is 5.89. The first kappa shape index (κ1) is 12.4. The van der Waals surface area contributed by atoms with Crippen molar-refractivity contribution in [2.24, 2.45) is 0 Å². The van der Waals surface area contributed by atoms with Crippen LogP contribution in [0.5, 0.6) is 5.75 Å². The summed E-state index contributed by atoms with van der Waals surface area (Å²) in [6.07, 6.45) is 5.33. The maximum atomic E-state index is 5.89. The number of rotatable bonds is 3. The molecule has 0 bridgehead atoms. The number of nitrogens with zero attached hydrogens (tertiary/aromatic N) is 2. The lowest BCUT2D eigenvalue weighted by atomic mass is 10.1. The number of hydrogen-bond acceptors (Lipinski definition) is 4. The third-order valence-electron chi connectivity index (χ3n) is 2.45. The topological polar surface area (TPSA) is 61.0 Å². The van der Waals surface area contributed by atoms with Gasteiger partial charge in [-0.2, -0.15) is 0 Å². The molecule has 18 heavy (non-hydrogen) atoms. The van der Waals surface area contributed by atoms with Crippen molar-refractivity contribution in [1.29, 1.82) is 0 Å². The third kappa shape index (κ3) is 2.77. The molecule has 0 atom stereocenters. The molecule has 94 valence electrons. The van der Waals surface area contributed by atoms with Crippen molar-refractivity contribution < 1.29 is 4.74 Å². The van der Waals surface area contributed by atoms with Crippen LogP contribution in [0, 0.1) is 6.92 Å². The highest BCUT2D eigenvalue weighted by Crippen LogP contribution is 2.27. The van der Waals surface area contributed by atoms with Crippen LogP contribution in [0.4, 0.5) is 5.82 Å². The average Bonchev–Trinajstić information content (AvgIpc) is 2.32. The highest BCUT2D eigenvalue weighted by Gasteiger charge is 2.07. The fraction of sp³-hybridized carbons (Fsp3) is 0.286. The second kappa shape index (κ2) is 5.04. The van der Waals surface area contributed by atoms with Crippen LogP contribution in [0.25, 0.3) is 11.1 Å².